The van der Waals surface area contributed by atoms with E-state index in [1.54, 1.807) is 18.3 Å². The van der Waals surface area contributed by atoms with Gasteiger partial charge in [0.25, 0.3) is 5.91 Å². The van der Waals surface area contributed by atoms with Gasteiger partial charge in [0.05, 0.1) is 11.3 Å². The topological polar surface area (TPSA) is 96.4 Å². The minimum Gasteiger partial charge on any atom is -0.350 e. The Labute approximate surface area is 127 Å². The summed E-state index contributed by atoms with van der Waals surface area (Å²) >= 11 is 0. The van der Waals surface area contributed by atoms with E-state index >= 15 is 0 Å². The molecule has 2 amide bonds. The van der Waals surface area contributed by atoms with Gasteiger partial charge in [0.15, 0.2) is 0 Å². The fraction of sp³-hybridized carbons (Fsp3) is 0.462. The molecule has 0 radical (unpaired) electrons. The molecule has 1 atom stereocenters. The van der Waals surface area contributed by atoms with E-state index in [0.29, 0.717) is 5.56 Å². The van der Waals surface area contributed by atoms with Gasteiger partial charge in [-0.05, 0) is 12.1 Å². The second-order valence-corrected chi connectivity index (χ2v) is 6.52. The van der Waals surface area contributed by atoms with Crippen LogP contribution in [0.4, 0.5) is 3.89 Å². The Kier molecular flexibility index (Phi) is 5.07. The first-order valence-electron chi connectivity index (χ1n) is 6.73. The molecule has 0 aliphatic carbocycles. The number of halogens is 1. The number of likely N-dealkylation sites (tertiary alicyclic amines) is 1. The molecule has 7 nitrogen and oxygen atoms in total. The lowest BCUT2D eigenvalue weighted by Crippen LogP contribution is -2.36. The van der Waals surface area contributed by atoms with Gasteiger partial charge in [0.2, 0.25) is 5.91 Å². The van der Waals surface area contributed by atoms with Gasteiger partial charge in [-0.15, -0.1) is 3.89 Å². The number of hydrogen-bond acceptors (Lipinski definition) is 5. The standard InChI is InChI=1S/C13H16FN3O4S/c14-22(20,21)9-10-6-12(18)17(8-10)5-4-16-13(19)11-2-1-3-15-7-11/h1-3,7,10H,4-6,8-9H2,(H,16,19). The summed E-state index contributed by atoms with van der Waals surface area (Å²) < 4.78 is 33.8. The average Bonchev–Trinajstić information content (AvgIpc) is 2.77. The number of nitrogens with one attached hydrogen (secondary N) is 1. The highest BCUT2D eigenvalue weighted by Gasteiger charge is 2.32. The van der Waals surface area contributed by atoms with Crippen LogP contribution >= 0.6 is 0 Å². The van der Waals surface area contributed by atoms with Crippen LogP contribution in [0.5, 0.6) is 0 Å². The molecule has 2 rings (SSSR count). The number of nitrogens with zero attached hydrogens (tertiary/aromatic N) is 2. The van der Waals surface area contributed by atoms with Crippen molar-refractivity contribution in [3.63, 3.8) is 0 Å². The summed E-state index contributed by atoms with van der Waals surface area (Å²) in [5.74, 6) is -1.71. The Hall–Kier alpha value is -2.03. The summed E-state index contributed by atoms with van der Waals surface area (Å²) in [6, 6.07) is 3.26. The van der Waals surface area contributed by atoms with Crippen LogP contribution in [0, 0.1) is 5.92 Å². The Balaban J connectivity index is 1.78. The van der Waals surface area contributed by atoms with Crippen molar-refractivity contribution >= 4 is 22.0 Å². The largest absolute Gasteiger partial charge is 0.350 e. The molecule has 0 saturated carbocycles. The highest BCUT2D eigenvalue weighted by Crippen LogP contribution is 2.19. The quantitative estimate of drug-likeness (QED) is 0.739. The number of hydrogen-bond donors (Lipinski definition) is 1. The molecule has 9 heteroatoms. The van der Waals surface area contributed by atoms with Gasteiger partial charge in [0, 0.05) is 44.4 Å². The highest BCUT2D eigenvalue weighted by atomic mass is 32.3. The molecule has 1 aliphatic rings. The van der Waals surface area contributed by atoms with Gasteiger partial charge in [-0.1, -0.05) is 0 Å². The van der Waals surface area contributed by atoms with Crippen LogP contribution in [0.1, 0.15) is 16.8 Å². The van der Waals surface area contributed by atoms with Gasteiger partial charge in [0.1, 0.15) is 0 Å². The maximum Gasteiger partial charge on any atom is 0.302 e. The SMILES string of the molecule is O=C(NCCN1CC(CS(=O)(=O)F)CC1=O)c1cccnc1. The van der Waals surface area contributed by atoms with Crippen molar-refractivity contribution in [1.82, 2.24) is 15.2 Å². The normalized spacial score (nSPS) is 18.5. The lowest BCUT2D eigenvalue weighted by atomic mass is 10.1. The lowest BCUT2D eigenvalue weighted by molar-refractivity contribution is -0.127. The van der Waals surface area contributed by atoms with Gasteiger partial charge in [-0.25, -0.2) is 0 Å². The van der Waals surface area contributed by atoms with E-state index in [-0.39, 0.29) is 37.9 Å². The molecule has 1 fully saturated rings. The smallest absolute Gasteiger partial charge is 0.302 e. The van der Waals surface area contributed by atoms with Gasteiger partial charge in [-0.3, -0.25) is 14.6 Å². The van der Waals surface area contributed by atoms with Gasteiger partial charge >= 0.3 is 10.2 Å². The van der Waals surface area contributed by atoms with Gasteiger partial charge in [-0.2, -0.15) is 8.42 Å². The molecule has 1 aliphatic heterocycles. The predicted octanol–water partition coefficient (Wildman–Crippen LogP) is -0.0408. The molecule has 0 spiro atoms. The van der Waals surface area contributed by atoms with Crippen molar-refractivity contribution in [1.29, 1.82) is 0 Å². The van der Waals surface area contributed by atoms with E-state index in [1.807, 2.05) is 0 Å². The first kappa shape index (κ1) is 16.3. The van der Waals surface area contributed by atoms with Crippen LogP contribution in [-0.4, -0.2) is 55.5 Å². The van der Waals surface area contributed by atoms with Crippen LogP contribution in [0.25, 0.3) is 0 Å². The zero-order valence-electron chi connectivity index (χ0n) is 11.7. The Morgan fingerprint density at radius 3 is 2.91 bits per heavy atom. The Morgan fingerprint density at radius 1 is 1.50 bits per heavy atom. The van der Waals surface area contributed by atoms with Crippen molar-refractivity contribution in [2.75, 3.05) is 25.4 Å². The van der Waals surface area contributed by atoms with Crippen molar-refractivity contribution in [3.05, 3.63) is 30.1 Å². The summed E-state index contributed by atoms with van der Waals surface area (Å²) in [6.45, 7) is 0.674. The van der Waals surface area contributed by atoms with Crippen LogP contribution in [0.15, 0.2) is 24.5 Å². The van der Waals surface area contributed by atoms with E-state index in [9.17, 15) is 21.9 Å². The van der Waals surface area contributed by atoms with E-state index in [0.717, 1.165) is 0 Å². The fourth-order valence-electron chi connectivity index (χ4n) is 2.37. The molecule has 22 heavy (non-hydrogen) atoms. The number of amides is 2. The third-order valence-electron chi connectivity index (χ3n) is 3.32. The van der Waals surface area contributed by atoms with E-state index < -0.39 is 21.9 Å². The molecule has 2 heterocycles. The monoisotopic (exact) mass is 329 g/mol. The van der Waals surface area contributed by atoms with Gasteiger partial charge < -0.3 is 10.2 Å². The zero-order valence-corrected chi connectivity index (χ0v) is 12.6. The fourth-order valence-corrected chi connectivity index (χ4v) is 3.15. The summed E-state index contributed by atoms with van der Waals surface area (Å²) in [7, 11) is -4.58. The van der Waals surface area contributed by atoms with Crippen LogP contribution in [0.2, 0.25) is 0 Å². The number of aromatic nitrogens is 1. The summed E-state index contributed by atoms with van der Waals surface area (Å²) in [5.41, 5.74) is 0.414. The van der Waals surface area contributed by atoms with E-state index in [1.165, 1.54) is 11.1 Å². The molecular weight excluding hydrogens is 313 g/mol. The summed E-state index contributed by atoms with van der Waals surface area (Å²) in [5, 5.41) is 2.64. The van der Waals surface area contributed by atoms with Crippen LogP contribution in [0.3, 0.4) is 0 Å². The second-order valence-electron chi connectivity index (χ2n) is 5.11. The van der Waals surface area contributed by atoms with E-state index in [2.05, 4.69) is 10.3 Å². The van der Waals surface area contributed by atoms with Crippen molar-refractivity contribution in [2.45, 2.75) is 6.42 Å². The van der Waals surface area contributed by atoms with Crippen molar-refractivity contribution < 1.29 is 21.9 Å². The summed E-state index contributed by atoms with van der Waals surface area (Å²) in [6.07, 6.45) is 3.00. The second kappa shape index (κ2) is 6.82. The molecule has 0 bridgehead atoms. The molecule has 1 N–H and O–H groups in total. The number of carbonyl (C=O) groups is 2. The molecule has 0 aromatic carbocycles. The molecule has 1 unspecified atom stereocenters. The minimum atomic E-state index is -4.58. The molecule has 1 saturated heterocycles. The molecule has 1 aromatic heterocycles. The van der Waals surface area contributed by atoms with E-state index in [4.69, 9.17) is 0 Å². The maximum absolute atomic E-state index is 12.6. The first-order chi connectivity index (χ1) is 10.3. The average molecular weight is 329 g/mol. The minimum absolute atomic E-state index is 0.0136. The molecular formula is C13H16FN3O4S. The third-order valence-corrected chi connectivity index (χ3v) is 4.19. The molecule has 1 aromatic rings. The molecule has 120 valence electrons. The summed E-state index contributed by atoms with van der Waals surface area (Å²) in [4.78, 5) is 28.7. The van der Waals surface area contributed by atoms with Crippen molar-refractivity contribution in [2.24, 2.45) is 5.92 Å². The first-order valence-corrected chi connectivity index (χ1v) is 8.29. The number of carbonyl (C=O) groups excluding carboxylic acids is 2. The number of rotatable bonds is 6. The van der Waals surface area contributed by atoms with Crippen LogP contribution in [-0.2, 0) is 15.0 Å². The third kappa shape index (κ3) is 4.76. The van der Waals surface area contributed by atoms with Crippen LogP contribution < -0.4 is 5.32 Å². The highest BCUT2D eigenvalue weighted by molar-refractivity contribution is 7.86. The van der Waals surface area contributed by atoms with Crippen molar-refractivity contribution in [3.8, 4) is 0 Å². The maximum atomic E-state index is 12.6. The lowest BCUT2D eigenvalue weighted by Gasteiger charge is -2.16. The predicted molar refractivity (Wildman–Crippen MR) is 76.2 cm³/mol. The Bertz CT molecular complexity index is 651. The zero-order chi connectivity index (χ0) is 16.2. The Morgan fingerprint density at radius 2 is 2.27 bits per heavy atom. The number of pyridine rings is 1.